The third kappa shape index (κ3) is 1.66. The lowest BCUT2D eigenvalue weighted by Crippen LogP contribution is -2.26. The Bertz CT molecular complexity index is 359. The molecule has 0 aromatic carbocycles. The van der Waals surface area contributed by atoms with Gasteiger partial charge in [-0.15, -0.1) is 5.10 Å². The molecular formula is C8H11N3O3S. The van der Waals surface area contributed by atoms with Crippen LogP contribution in [0.15, 0.2) is 0 Å². The molecule has 1 aromatic heterocycles. The normalized spacial score (nSPS) is 34.3. The minimum atomic E-state index is -0.0970. The summed E-state index contributed by atoms with van der Waals surface area (Å²) in [6, 6.07) is 0. The second kappa shape index (κ2) is 3.58. The van der Waals surface area contributed by atoms with Crippen LogP contribution in [0.1, 0.15) is 6.42 Å². The van der Waals surface area contributed by atoms with Gasteiger partial charge in [-0.1, -0.05) is 5.10 Å². The average molecular weight is 229 g/mol. The Balaban J connectivity index is 1.68. The van der Waals surface area contributed by atoms with Gasteiger partial charge >= 0.3 is 0 Å². The van der Waals surface area contributed by atoms with Crippen LogP contribution in [0.25, 0.3) is 0 Å². The van der Waals surface area contributed by atoms with Crippen molar-refractivity contribution in [3.05, 3.63) is 0 Å². The van der Waals surface area contributed by atoms with Crippen molar-refractivity contribution >= 4 is 16.5 Å². The molecule has 2 aliphatic rings. The van der Waals surface area contributed by atoms with Crippen LogP contribution in [0.2, 0.25) is 0 Å². The Morgan fingerprint density at radius 2 is 2.33 bits per heavy atom. The van der Waals surface area contributed by atoms with Crippen molar-refractivity contribution in [3.63, 3.8) is 0 Å². The molecule has 3 rings (SSSR count). The molecule has 2 aliphatic heterocycles. The molecule has 1 aromatic rings. The first-order valence-corrected chi connectivity index (χ1v) is 5.63. The molecule has 0 saturated carbocycles. The van der Waals surface area contributed by atoms with E-state index >= 15 is 0 Å². The Hall–Kier alpha value is -0.920. The van der Waals surface area contributed by atoms with Gasteiger partial charge in [-0.2, -0.15) is 0 Å². The maximum atomic E-state index is 5.67. The van der Waals surface area contributed by atoms with E-state index in [0.29, 0.717) is 22.9 Å². The zero-order chi connectivity index (χ0) is 10.3. The number of anilines is 1. The van der Waals surface area contributed by atoms with Gasteiger partial charge in [0, 0.05) is 0 Å². The van der Waals surface area contributed by atoms with Crippen molar-refractivity contribution < 1.29 is 14.2 Å². The van der Waals surface area contributed by atoms with Crippen LogP contribution in [0.5, 0.6) is 5.19 Å². The molecule has 2 fully saturated rings. The van der Waals surface area contributed by atoms with Crippen molar-refractivity contribution in [2.75, 3.05) is 18.9 Å². The molecule has 0 radical (unpaired) electrons. The van der Waals surface area contributed by atoms with Crippen LogP contribution in [0.3, 0.4) is 0 Å². The van der Waals surface area contributed by atoms with Crippen molar-refractivity contribution in [1.29, 1.82) is 0 Å². The van der Waals surface area contributed by atoms with Crippen LogP contribution in [0, 0.1) is 5.92 Å². The topological polar surface area (TPSA) is 79.5 Å². The summed E-state index contributed by atoms with van der Waals surface area (Å²) in [6.45, 7) is 1.29. The number of nitrogens with two attached hydrogens (primary N) is 1. The van der Waals surface area contributed by atoms with E-state index in [0.717, 1.165) is 13.0 Å². The maximum absolute atomic E-state index is 5.67. The van der Waals surface area contributed by atoms with Gasteiger partial charge in [-0.25, -0.2) is 0 Å². The van der Waals surface area contributed by atoms with Gasteiger partial charge in [0.2, 0.25) is 5.13 Å². The van der Waals surface area contributed by atoms with Crippen LogP contribution in [-0.4, -0.2) is 35.8 Å². The zero-order valence-corrected chi connectivity index (χ0v) is 8.77. The summed E-state index contributed by atoms with van der Waals surface area (Å²) < 4.78 is 16.5. The molecule has 0 aliphatic carbocycles. The zero-order valence-electron chi connectivity index (χ0n) is 7.96. The van der Waals surface area contributed by atoms with Crippen LogP contribution < -0.4 is 10.5 Å². The number of hydrogen-bond donors (Lipinski definition) is 1. The molecule has 3 heterocycles. The second-order valence-corrected chi connectivity index (χ2v) is 4.56. The lowest BCUT2D eigenvalue weighted by molar-refractivity contribution is -0.0906. The summed E-state index contributed by atoms with van der Waals surface area (Å²) in [4.78, 5) is 0. The standard InChI is InChI=1S/C8H11N3O3S/c9-7-10-11-8(15-7)14-5-3-13-6-4(5)1-2-12-6/h4-6H,1-3H2,(H2,9,10)/t4-,5-,6+/m0/s1. The van der Waals surface area contributed by atoms with Gasteiger partial charge in [0.25, 0.3) is 5.19 Å². The van der Waals surface area contributed by atoms with Gasteiger partial charge < -0.3 is 19.9 Å². The van der Waals surface area contributed by atoms with E-state index in [-0.39, 0.29) is 12.4 Å². The average Bonchev–Trinajstić information content (AvgIpc) is 2.85. The van der Waals surface area contributed by atoms with E-state index in [1.54, 1.807) is 0 Å². The minimum absolute atomic E-state index is 0.0184. The fraction of sp³-hybridized carbons (Fsp3) is 0.750. The highest BCUT2D eigenvalue weighted by Gasteiger charge is 2.43. The molecule has 0 unspecified atom stereocenters. The molecule has 0 bridgehead atoms. The minimum Gasteiger partial charge on any atom is -0.463 e. The highest BCUT2D eigenvalue weighted by Crippen LogP contribution is 2.34. The molecule has 3 atom stereocenters. The number of fused-ring (bicyclic) bond motifs is 1. The fourth-order valence-electron chi connectivity index (χ4n) is 1.95. The Morgan fingerprint density at radius 1 is 1.40 bits per heavy atom. The largest absolute Gasteiger partial charge is 0.463 e. The summed E-state index contributed by atoms with van der Waals surface area (Å²) in [6.07, 6.45) is 0.897. The highest BCUT2D eigenvalue weighted by atomic mass is 32.1. The van der Waals surface area contributed by atoms with Gasteiger partial charge in [0.1, 0.15) is 6.10 Å². The van der Waals surface area contributed by atoms with Crippen molar-refractivity contribution in [2.45, 2.75) is 18.8 Å². The van der Waals surface area contributed by atoms with Crippen LogP contribution >= 0.6 is 11.3 Å². The first kappa shape index (κ1) is 9.32. The van der Waals surface area contributed by atoms with E-state index in [9.17, 15) is 0 Å². The first-order chi connectivity index (χ1) is 7.33. The van der Waals surface area contributed by atoms with Crippen LogP contribution in [0.4, 0.5) is 5.13 Å². The van der Waals surface area contributed by atoms with Crippen molar-refractivity contribution in [1.82, 2.24) is 10.2 Å². The predicted octanol–water partition coefficient (Wildman–Crippen LogP) is 0.260. The SMILES string of the molecule is Nc1nnc(O[C@H]2CO[C@H]3OCC[C@H]32)s1. The van der Waals surface area contributed by atoms with Crippen molar-refractivity contribution in [3.8, 4) is 5.19 Å². The molecular weight excluding hydrogens is 218 g/mol. The Labute approximate surface area is 90.3 Å². The lowest BCUT2D eigenvalue weighted by Gasteiger charge is -2.13. The predicted molar refractivity (Wildman–Crippen MR) is 52.5 cm³/mol. The number of nitrogen functional groups attached to an aromatic ring is 1. The van der Waals surface area contributed by atoms with Gasteiger partial charge in [-0.3, -0.25) is 0 Å². The summed E-state index contributed by atoms with van der Waals surface area (Å²) in [7, 11) is 0. The smallest absolute Gasteiger partial charge is 0.296 e. The summed E-state index contributed by atoms with van der Waals surface area (Å²) in [5, 5.41) is 8.44. The molecule has 0 spiro atoms. The fourth-order valence-corrected chi connectivity index (χ4v) is 2.46. The molecule has 82 valence electrons. The molecule has 7 heteroatoms. The van der Waals surface area contributed by atoms with Gasteiger partial charge in [0.15, 0.2) is 6.29 Å². The third-order valence-corrected chi connectivity index (χ3v) is 3.30. The first-order valence-electron chi connectivity index (χ1n) is 4.82. The van der Waals surface area contributed by atoms with Crippen molar-refractivity contribution in [2.24, 2.45) is 5.92 Å². The summed E-state index contributed by atoms with van der Waals surface area (Å²) in [5.74, 6) is 0.315. The molecule has 2 saturated heterocycles. The van der Waals surface area contributed by atoms with E-state index in [1.165, 1.54) is 11.3 Å². The monoisotopic (exact) mass is 229 g/mol. The van der Waals surface area contributed by atoms with E-state index < -0.39 is 0 Å². The number of ether oxygens (including phenoxy) is 3. The molecule has 0 amide bonds. The number of hydrogen-bond acceptors (Lipinski definition) is 7. The van der Waals surface area contributed by atoms with E-state index in [2.05, 4.69) is 10.2 Å². The molecule has 6 nitrogen and oxygen atoms in total. The third-order valence-electron chi connectivity index (χ3n) is 2.66. The lowest BCUT2D eigenvalue weighted by atomic mass is 10.0. The molecule has 2 N–H and O–H groups in total. The van der Waals surface area contributed by atoms with E-state index in [1.807, 2.05) is 0 Å². The highest BCUT2D eigenvalue weighted by molar-refractivity contribution is 7.16. The number of nitrogens with zero attached hydrogens (tertiary/aromatic N) is 2. The van der Waals surface area contributed by atoms with Gasteiger partial charge in [-0.05, 0) is 17.8 Å². The van der Waals surface area contributed by atoms with Gasteiger partial charge in [0.05, 0.1) is 19.1 Å². The summed E-state index contributed by atoms with van der Waals surface area (Å²) in [5.41, 5.74) is 5.47. The number of rotatable bonds is 2. The Morgan fingerprint density at radius 3 is 3.13 bits per heavy atom. The quantitative estimate of drug-likeness (QED) is 0.783. The second-order valence-electron chi connectivity index (χ2n) is 3.59. The Kier molecular flexibility index (Phi) is 2.23. The summed E-state index contributed by atoms with van der Waals surface area (Å²) >= 11 is 1.25. The van der Waals surface area contributed by atoms with E-state index in [4.69, 9.17) is 19.9 Å². The molecule has 15 heavy (non-hydrogen) atoms. The van der Waals surface area contributed by atoms with Crippen LogP contribution in [-0.2, 0) is 9.47 Å². The maximum Gasteiger partial charge on any atom is 0.296 e. The number of aromatic nitrogens is 2.